The first-order valence-electron chi connectivity index (χ1n) is 24.7. The first kappa shape index (κ1) is 39.7. The lowest BCUT2D eigenvalue weighted by atomic mass is 9.64. The van der Waals surface area contributed by atoms with Crippen molar-refractivity contribution in [3.8, 4) is 50.2 Å². The molecule has 2 aliphatic rings. The number of hydrogen-bond donors (Lipinski definition) is 0. The van der Waals surface area contributed by atoms with Crippen molar-refractivity contribution in [1.29, 1.82) is 0 Å². The van der Waals surface area contributed by atoms with Crippen LogP contribution in [-0.4, -0.2) is 4.57 Å². The molecular weight excluding hydrogens is 857 g/mol. The minimum atomic E-state index is -0.702. The van der Waals surface area contributed by atoms with Gasteiger partial charge in [-0.3, -0.25) is 0 Å². The molecule has 0 fully saturated rings. The van der Waals surface area contributed by atoms with Gasteiger partial charge in [-0.15, -0.1) is 0 Å². The Balaban J connectivity index is 1.06. The van der Waals surface area contributed by atoms with E-state index in [2.05, 4.69) is 276 Å². The molecule has 1 spiro atoms. The number of rotatable bonds is 5. The largest absolute Gasteiger partial charge is 0.310 e. The first-order valence-corrected chi connectivity index (χ1v) is 24.7. The van der Waals surface area contributed by atoms with Crippen LogP contribution in [0.5, 0.6) is 0 Å². The Morgan fingerprint density at radius 3 is 1.49 bits per heavy atom. The summed E-state index contributed by atoms with van der Waals surface area (Å²) in [5.41, 5.74) is 21.3. The fourth-order valence-electron chi connectivity index (χ4n) is 12.7. The lowest BCUT2D eigenvalue weighted by Gasteiger charge is -2.37. The van der Waals surface area contributed by atoms with Crippen LogP contribution in [0, 0.1) is 0 Å². The van der Waals surface area contributed by atoms with Crippen LogP contribution in [0.1, 0.15) is 22.3 Å². The van der Waals surface area contributed by atoms with Gasteiger partial charge in [-0.1, -0.05) is 206 Å². The molecule has 0 aliphatic heterocycles. The molecule has 0 N–H and O–H groups in total. The van der Waals surface area contributed by atoms with Crippen LogP contribution < -0.4 is 4.90 Å². The Morgan fingerprint density at radius 2 is 0.761 bits per heavy atom. The van der Waals surface area contributed by atoms with Crippen LogP contribution in [0.2, 0.25) is 0 Å². The SMILES string of the molecule is c1ccc(-c2ccc(N(c3ccc4c(c3)C3(c5ccccc5-c5ccccc5-4)c4ccccc4-c4c3c3ccccc3c3ccccc43)c3ccc4c(c3)c3ccccc3n4-c3ccccc3)cc2)cc1. The van der Waals surface area contributed by atoms with E-state index in [1.807, 2.05) is 0 Å². The molecule has 15 rings (SSSR count). The third-order valence-corrected chi connectivity index (χ3v) is 15.6. The van der Waals surface area contributed by atoms with Crippen molar-refractivity contribution in [2.75, 3.05) is 4.90 Å². The Morgan fingerprint density at radius 1 is 0.282 bits per heavy atom. The van der Waals surface area contributed by atoms with Gasteiger partial charge in [0.15, 0.2) is 0 Å². The second kappa shape index (κ2) is 15.4. The number of aromatic nitrogens is 1. The van der Waals surface area contributed by atoms with Crippen molar-refractivity contribution >= 4 is 60.4 Å². The molecule has 1 heterocycles. The molecule has 2 aliphatic carbocycles. The summed E-state index contributed by atoms with van der Waals surface area (Å²) >= 11 is 0. The van der Waals surface area contributed by atoms with Crippen LogP contribution >= 0.6 is 0 Å². The molecule has 13 aromatic rings. The van der Waals surface area contributed by atoms with Crippen molar-refractivity contribution in [2.24, 2.45) is 0 Å². The number of fused-ring (bicyclic) bond motifs is 20. The maximum atomic E-state index is 2.55. The average Bonchev–Trinajstić information content (AvgIpc) is 3.92. The van der Waals surface area contributed by atoms with Gasteiger partial charge in [0, 0.05) is 33.5 Å². The summed E-state index contributed by atoms with van der Waals surface area (Å²) in [5.74, 6) is 0. The van der Waals surface area contributed by atoms with Crippen LogP contribution in [0.25, 0.3) is 93.5 Å². The maximum Gasteiger partial charge on any atom is 0.0732 e. The molecule has 0 saturated carbocycles. The molecule has 0 radical (unpaired) electrons. The molecule has 2 nitrogen and oxygen atoms in total. The average molecular weight is 901 g/mol. The molecule has 71 heavy (non-hydrogen) atoms. The number of hydrogen-bond acceptors (Lipinski definition) is 1. The van der Waals surface area contributed by atoms with Crippen LogP contribution in [-0.2, 0) is 5.41 Å². The Kier molecular flexibility index (Phi) is 8.61. The predicted molar refractivity (Wildman–Crippen MR) is 298 cm³/mol. The fraction of sp³-hybridized carbons (Fsp3) is 0.0145. The smallest absolute Gasteiger partial charge is 0.0732 e. The Labute approximate surface area is 412 Å². The first-order chi connectivity index (χ1) is 35.3. The summed E-state index contributed by atoms with van der Waals surface area (Å²) in [7, 11) is 0. The lowest BCUT2D eigenvalue weighted by Crippen LogP contribution is -2.30. The van der Waals surface area contributed by atoms with E-state index in [4.69, 9.17) is 0 Å². The minimum Gasteiger partial charge on any atom is -0.310 e. The monoisotopic (exact) mass is 900 g/mol. The minimum absolute atomic E-state index is 0.702. The van der Waals surface area contributed by atoms with E-state index in [-0.39, 0.29) is 0 Å². The molecule has 0 saturated heterocycles. The second-order valence-electron chi connectivity index (χ2n) is 19.1. The molecule has 330 valence electrons. The molecule has 1 atom stereocenters. The molecule has 1 unspecified atom stereocenters. The standard InChI is InChI=1S/C69H44N2/c1-3-19-45(20-4-1)46-35-37-48(38-36-46)70(49-40-42-66-61(43-49)57-28-15-18-34-65(57)71(66)47-21-5-2-6-22-47)50-39-41-56-52-24-8-7-23-51(52)55-27-13-16-32-62(55)69(64(56)44-50)63-33-17-14-31-60(63)67-58-29-11-9-25-53(58)54-26-10-12-30-59(54)68(67)69/h1-44H. The van der Waals surface area contributed by atoms with E-state index in [0.717, 1.165) is 22.7 Å². The highest BCUT2D eigenvalue weighted by Crippen LogP contribution is 2.64. The van der Waals surface area contributed by atoms with Gasteiger partial charge in [-0.05, 0) is 149 Å². The van der Waals surface area contributed by atoms with Gasteiger partial charge >= 0.3 is 0 Å². The summed E-state index contributed by atoms with van der Waals surface area (Å²) in [6.07, 6.45) is 0. The summed E-state index contributed by atoms with van der Waals surface area (Å²) in [4.78, 5) is 2.49. The van der Waals surface area contributed by atoms with E-state index in [1.54, 1.807) is 0 Å². The quantitative estimate of drug-likeness (QED) is 0.156. The van der Waals surface area contributed by atoms with Gasteiger partial charge in [-0.2, -0.15) is 0 Å². The van der Waals surface area contributed by atoms with E-state index in [9.17, 15) is 0 Å². The normalized spacial score (nSPS) is 14.3. The Bertz CT molecular complexity index is 4280. The van der Waals surface area contributed by atoms with E-state index >= 15 is 0 Å². The summed E-state index contributed by atoms with van der Waals surface area (Å²) in [6.45, 7) is 0. The summed E-state index contributed by atoms with van der Waals surface area (Å²) < 4.78 is 2.40. The van der Waals surface area contributed by atoms with Gasteiger partial charge < -0.3 is 9.47 Å². The molecule has 1 aromatic heterocycles. The summed E-state index contributed by atoms with van der Waals surface area (Å²) in [5, 5.41) is 7.55. The Hall–Kier alpha value is -9.24. The van der Waals surface area contributed by atoms with Gasteiger partial charge in [0.1, 0.15) is 0 Å². The maximum absolute atomic E-state index is 2.55. The van der Waals surface area contributed by atoms with E-state index < -0.39 is 5.41 Å². The third kappa shape index (κ3) is 5.65. The molecule has 12 aromatic carbocycles. The zero-order valence-electron chi connectivity index (χ0n) is 38.8. The van der Waals surface area contributed by atoms with Crippen molar-refractivity contribution < 1.29 is 0 Å². The van der Waals surface area contributed by atoms with Gasteiger partial charge in [0.2, 0.25) is 0 Å². The lowest BCUT2D eigenvalue weighted by molar-refractivity contribution is 0.783. The molecule has 0 bridgehead atoms. The highest BCUT2D eigenvalue weighted by molar-refractivity contribution is 6.20. The number of anilines is 3. The molecular formula is C69H44N2. The number of nitrogens with zero attached hydrogens (tertiary/aromatic N) is 2. The van der Waals surface area contributed by atoms with Gasteiger partial charge in [0.25, 0.3) is 0 Å². The van der Waals surface area contributed by atoms with Gasteiger partial charge in [-0.25, -0.2) is 0 Å². The topological polar surface area (TPSA) is 8.17 Å². The zero-order chi connectivity index (χ0) is 46.6. The molecule has 2 heteroatoms. The van der Waals surface area contributed by atoms with Crippen LogP contribution in [0.3, 0.4) is 0 Å². The van der Waals surface area contributed by atoms with Crippen LogP contribution in [0.4, 0.5) is 17.1 Å². The van der Waals surface area contributed by atoms with Crippen LogP contribution in [0.15, 0.2) is 267 Å². The highest BCUT2D eigenvalue weighted by Gasteiger charge is 2.51. The fourth-order valence-corrected chi connectivity index (χ4v) is 12.7. The van der Waals surface area contributed by atoms with E-state index in [1.165, 1.54) is 110 Å². The second-order valence-corrected chi connectivity index (χ2v) is 19.1. The molecule has 0 amide bonds. The van der Waals surface area contributed by atoms with Crippen molar-refractivity contribution in [2.45, 2.75) is 5.41 Å². The van der Waals surface area contributed by atoms with Crippen molar-refractivity contribution in [3.63, 3.8) is 0 Å². The third-order valence-electron chi connectivity index (χ3n) is 15.6. The van der Waals surface area contributed by atoms with Crippen molar-refractivity contribution in [1.82, 2.24) is 4.57 Å². The number of para-hydroxylation sites is 2. The highest BCUT2D eigenvalue weighted by atomic mass is 15.1. The van der Waals surface area contributed by atoms with Gasteiger partial charge in [0.05, 0.1) is 16.4 Å². The van der Waals surface area contributed by atoms with E-state index in [0.29, 0.717) is 0 Å². The number of benzene rings is 12. The van der Waals surface area contributed by atoms with Crippen molar-refractivity contribution in [3.05, 3.63) is 289 Å². The summed E-state index contributed by atoms with van der Waals surface area (Å²) in [6, 6.07) is 99.5. The zero-order valence-corrected chi connectivity index (χ0v) is 38.8. The predicted octanol–water partition coefficient (Wildman–Crippen LogP) is 18.2.